The van der Waals surface area contributed by atoms with Gasteiger partial charge >= 0.3 is 0 Å². The Kier molecular flexibility index (Phi) is 8.17. The van der Waals surface area contributed by atoms with E-state index in [0.717, 1.165) is 72.1 Å². The van der Waals surface area contributed by atoms with Crippen LogP contribution < -0.4 is 4.90 Å². The summed E-state index contributed by atoms with van der Waals surface area (Å²) in [5.41, 5.74) is 15.4. The molecule has 2 aromatic heterocycles. The highest BCUT2D eigenvalue weighted by molar-refractivity contribution is 6.23. The van der Waals surface area contributed by atoms with Crippen molar-refractivity contribution in [3.8, 4) is 39.1 Å². The summed E-state index contributed by atoms with van der Waals surface area (Å²) in [4.78, 5) is 2.38. The van der Waals surface area contributed by atoms with Crippen molar-refractivity contribution in [3.05, 3.63) is 231 Å². The number of para-hydroxylation sites is 3. The minimum atomic E-state index is 0.882. The van der Waals surface area contributed by atoms with Gasteiger partial charge in [0.15, 0.2) is 0 Å². The molecular formula is C58H38N2O. The summed E-state index contributed by atoms with van der Waals surface area (Å²) in [6.45, 7) is 0. The molecule has 0 atom stereocenters. The van der Waals surface area contributed by atoms with Crippen LogP contribution in [0.2, 0.25) is 0 Å². The highest BCUT2D eigenvalue weighted by Gasteiger charge is 2.21. The van der Waals surface area contributed by atoms with Crippen LogP contribution in [0.25, 0.3) is 93.6 Å². The van der Waals surface area contributed by atoms with Gasteiger partial charge in [-0.2, -0.15) is 0 Å². The number of nitrogens with zero attached hydrogens (tertiary/aromatic N) is 2. The zero-order chi connectivity index (χ0) is 40.3. The first kappa shape index (κ1) is 34.9. The van der Waals surface area contributed by atoms with Crippen LogP contribution in [0.4, 0.5) is 17.1 Å². The molecule has 286 valence electrons. The largest absolute Gasteiger partial charge is 0.455 e. The molecule has 3 heteroatoms. The topological polar surface area (TPSA) is 21.3 Å². The maximum absolute atomic E-state index is 6.83. The summed E-state index contributed by atoms with van der Waals surface area (Å²) in [6.07, 6.45) is 0. The van der Waals surface area contributed by atoms with Crippen molar-refractivity contribution >= 4 is 71.6 Å². The third-order valence-corrected chi connectivity index (χ3v) is 12.1. The van der Waals surface area contributed by atoms with Crippen molar-refractivity contribution in [2.24, 2.45) is 0 Å². The molecular weight excluding hydrogens is 741 g/mol. The fraction of sp³-hybridized carbons (Fsp3) is 0. The van der Waals surface area contributed by atoms with Crippen molar-refractivity contribution in [2.45, 2.75) is 0 Å². The molecule has 61 heavy (non-hydrogen) atoms. The number of anilines is 3. The Balaban J connectivity index is 1.08. The zero-order valence-electron chi connectivity index (χ0n) is 33.2. The second kappa shape index (κ2) is 14.3. The Labute approximate surface area is 353 Å². The van der Waals surface area contributed by atoms with Crippen molar-refractivity contribution in [3.63, 3.8) is 0 Å². The molecule has 12 aromatic rings. The van der Waals surface area contributed by atoms with Gasteiger partial charge in [0, 0.05) is 49.9 Å². The molecule has 0 saturated heterocycles. The van der Waals surface area contributed by atoms with Gasteiger partial charge in [-0.1, -0.05) is 158 Å². The van der Waals surface area contributed by atoms with Gasteiger partial charge in [0.1, 0.15) is 11.2 Å². The average Bonchev–Trinajstić information content (AvgIpc) is 3.89. The van der Waals surface area contributed by atoms with E-state index in [2.05, 4.69) is 240 Å². The molecule has 12 rings (SSSR count). The monoisotopic (exact) mass is 778 g/mol. The Bertz CT molecular complexity index is 3570. The standard InChI is InChI=1S/C58H38N2O/c1-4-15-39(16-5-1)41-27-30-46(31-28-41)59(47-22-14-19-42(35-47)40-17-6-2-7-18-40)48-32-34-49-44(36-48)37-53(58-57(49)52-24-11-13-26-56(52)61-58)43-29-33-51-50-23-10-12-25-54(50)60(55(51)38-43)45-20-8-3-9-21-45/h1-38H. The van der Waals surface area contributed by atoms with E-state index in [9.17, 15) is 0 Å². The van der Waals surface area contributed by atoms with E-state index < -0.39 is 0 Å². The van der Waals surface area contributed by atoms with Crippen LogP contribution >= 0.6 is 0 Å². The van der Waals surface area contributed by atoms with Crippen LogP contribution in [0.3, 0.4) is 0 Å². The maximum Gasteiger partial charge on any atom is 0.143 e. The van der Waals surface area contributed by atoms with Gasteiger partial charge in [0.25, 0.3) is 0 Å². The number of rotatable bonds is 7. The summed E-state index contributed by atoms with van der Waals surface area (Å²) in [6, 6.07) is 82.8. The Hall–Kier alpha value is -8.14. The number of furan rings is 1. The van der Waals surface area contributed by atoms with Crippen molar-refractivity contribution in [2.75, 3.05) is 4.90 Å². The van der Waals surface area contributed by atoms with Gasteiger partial charge in [-0.05, 0) is 111 Å². The summed E-state index contributed by atoms with van der Waals surface area (Å²) < 4.78 is 9.22. The molecule has 0 bridgehead atoms. The minimum Gasteiger partial charge on any atom is -0.455 e. The van der Waals surface area contributed by atoms with Crippen molar-refractivity contribution < 1.29 is 4.42 Å². The van der Waals surface area contributed by atoms with Gasteiger partial charge in [0.05, 0.1) is 11.0 Å². The molecule has 0 radical (unpaired) electrons. The van der Waals surface area contributed by atoms with Crippen LogP contribution in [0.5, 0.6) is 0 Å². The van der Waals surface area contributed by atoms with Crippen molar-refractivity contribution in [1.29, 1.82) is 0 Å². The lowest BCUT2D eigenvalue weighted by Gasteiger charge is -2.27. The summed E-state index contributed by atoms with van der Waals surface area (Å²) in [5.74, 6) is 0. The highest BCUT2D eigenvalue weighted by atomic mass is 16.3. The van der Waals surface area contributed by atoms with Crippen LogP contribution in [-0.4, -0.2) is 4.57 Å². The lowest BCUT2D eigenvalue weighted by molar-refractivity contribution is 0.670. The predicted octanol–water partition coefficient (Wildman–Crippen LogP) is 16.3. The number of hydrogen-bond donors (Lipinski definition) is 0. The van der Waals surface area contributed by atoms with Crippen LogP contribution in [-0.2, 0) is 0 Å². The van der Waals surface area contributed by atoms with Crippen LogP contribution in [0.1, 0.15) is 0 Å². The number of fused-ring (bicyclic) bond motifs is 8. The molecule has 3 nitrogen and oxygen atoms in total. The van der Waals surface area contributed by atoms with E-state index in [1.165, 1.54) is 38.5 Å². The van der Waals surface area contributed by atoms with Crippen LogP contribution in [0.15, 0.2) is 235 Å². The maximum atomic E-state index is 6.83. The molecule has 0 aliphatic rings. The van der Waals surface area contributed by atoms with Gasteiger partial charge in [-0.3, -0.25) is 0 Å². The van der Waals surface area contributed by atoms with E-state index in [-0.39, 0.29) is 0 Å². The second-order valence-electron chi connectivity index (χ2n) is 15.7. The Morgan fingerprint density at radius 2 is 0.918 bits per heavy atom. The third kappa shape index (κ3) is 5.90. The smallest absolute Gasteiger partial charge is 0.143 e. The Morgan fingerprint density at radius 1 is 0.344 bits per heavy atom. The first-order valence-corrected chi connectivity index (χ1v) is 20.8. The second-order valence-corrected chi connectivity index (χ2v) is 15.7. The first-order chi connectivity index (χ1) is 30.2. The highest BCUT2D eigenvalue weighted by Crippen LogP contribution is 2.45. The van der Waals surface area contributed by atoms with E-state index in [4.69, 9.17) is 4.42 Å². The van der Waals surface area contributed by atoms with E-state index in [0.29, 0.717) is 0 Å². The van der Waals surface area contributed by atoms with E-state index >= 15 is 0 Å². The lowest BCUT2D eigenvalue weighted by Crippen LogP contribution is -2.10. The first-order valence-electron chi connectivity index (χ1n) is 20.8. The fourth-order valence-corrected chi connectivity index (χ4v) is 9.30. The minimum absolute atomic E-state index is 0.882. The normalized spacial score (nSPS) is 11.6. The van der Waals surface area contributed by atoms with Crippen LogP contribution in [0, 0.1) is 0 Å². The van der Waals surface area contributed by atoms with E-state index in [1.807, 2.05) is 0 Å². The predicted molar refractivity (Wildman–Crippen MR) is 257 cm³/mol. The summed E-state index contributed by atoms with van der Waals surface area (Å²) >= 11 is 0. The zero-order valence-corrected chi connectivity index (χ0v) is 33.2. The average molecular weight is 779 g/mol. The SMILES string of the molecule is c1ccc(-c2ccc(N(c3cccc(-c4ccccc4)c3)c3ccc4c(c3)cc(-c3ccc5c6ccccc6n(-c6ccccc6)c5c3)c3oc5ccccc5c34)cc2)cc1. The molecule has 10 aromatic carbocycles. The van der Waals surface area contributed by atoms with Gasteiger partial charge in [0.2, 0.25) is 0 Å². The summed E-state index contributed by atoms with van der Waals surface area (Å²) in [5, 5.41) is 6.99. The Morgan fingerprint density at radius 3 is 1.70 bits per heavy atom. The van der Waals surface area contributed by atoms with Crippen molar-refractivity contribution in [1.82, 2.24) is 4.57 Å². The quantitative estimate of drug-likeness (QED) is 0.161. The molecule has 0 spiro atoms. The summed E-state index contributed by atoms with van der Waals surface area (Å²) in [7, 11) is 0. The molecule has 0 amide bonds. The van der Waals surface area contributed by atoms with Gasteiger partial charge in [-0.15, -0.1) is 0 Å². The lowest BCUT2D eigenvalue weighted by atomic mass is 9.95. The van der Waals surface area contributed by atoms with Gasteiger partial charge in [-0.25, -0.2) is 0 Å². The number of hydrogen-bond acceptors (Lipinski definition) is 2. The molecule has 0 fully saturated rings. The number of benzene rings is 10. The molecule has 2 heterocycles. The number of aromatic nitrogens is 1. The molecule has 0 aliphatic heterocycles. The fourth-order valence-electron chi connectivity index (χ4n) is 9.30. The molecule has 0 saturated carbocycles. The van der Waals surface area contributed by atoms with Gasteiger partial charge < -0.3 is 13.9 Å². The third-order valence-electron chi connectivity index (χ3n) is 12.1. The molecule has 0 aliphatic carbocycles. The molecule has 0 N–H and O–H groups in total. The van der Waals surface area contributed by atoms with E-state index in [1.54, 1.807) is 0 Å². The molecule has 0 unspecified atom stereocenters.